The molecule has 7 N–H and O–H groups in total. The summed E-state index contributed by atoms with van der Waals surface area (Å²) in [5.74, 6) is 1.83. The van der Waals surface area contributed by atoms with E-state index in [1.165, 1.54) is 0 Å². The van der Waals surface area contributed by atoms with Crippen molar-refractivity contribution in [2.24, 2.45) is 5.84 Å². The molecule has 1 aromatic carbocycles. The van der Waals surface area contributed by atoms with Crippen molar-refractivity contribution in [3.8, 4) is 6.07 Å². The zero-order valence-electron chi connectivity index (χ0n) is 11.9. The first kappa shape index (κ1) is 16.6. The average Bonchev–Trinajstić information content (AvgIpc) is 2.55. The second-order valence-corrected chi connectivity index (χ2v) is 4.43. The number of nitrogen functional groups attached to an aromatic ring is 2. The van der Waals surface area contributed by atoms with Crippen LogP contribution in [0, 0.1) is 17.1 Å². The number of halogens is 1. The number of carboxylic acids is 1. The van der Waals surface area contributed by atoms with Crippen LogP contribution < -0.4 is 22.3 Å². The maximum atomic E-state index is 13.5. The zero-order chi connectivity index (χ0) is 17.9. The van der Waals surface area contributed by atoms with Crippen LogP contribution in [0.3, 0.4) is 0 Å². The van der Waals surface area contributed by atoms with Gasteiger partial charge in [-0.3, -0.25) is 4.79 Å². The van der Waals surface area contributed by atoms with E-state index in [4.69, 9.17) is 21.9 Å². The third-order valence-electron chi connectivity index (χ3n) is 2.90. The number of anilines is 3. The van der Waals surface area contributed by atoms with Crippen LogP contribution >= 0.6 is 0 Å². The fourth-order valence-electron chi connectivity index (χ4n) is 1.75. The van der Waals surface area contributed by atoms with Crippen LogP contribution in [0.1, 0.15) is 26.4 Å². The predicted octanol–water partition coefficient (Wildman–Crippen LogP) is 0.306. The smallest absolute Gasteiger partial charge is 0.337 e. The summed E-state index contributed by atoms with van der Waals surface area (Å²) < 4.78 is 13.5. The number of amides is 1. The van der Waals surface area contributed by atoms with E-state index in [2.05, 4.69) is 20.9 Å². The number of aromatic nitrogens is 2. The summed E-state index contributed by atoms with van der Waals surface area (Å²) in [6.45, 7) is 0. The van der Waals surface area contributed by atoms with Crippen molar-refractivity contribution >= 4 is 29.1 Å². The second kappa shape index (κ2) is 6.55. The summed E-state index contributed by atoms with van der Waals surface area (Å²) in [5, 5.41) is 27.3. The van der Waals surface area contributed by atoms with Crippen molar-refractivity contribution in [1.29, 1.82) is 5.26 Å². The van der Waals surface area contributed by atoms with Crippen molar-refractivity contribution in [3.05, 3.63) is 40.8 Å². The van der Waals surface area contributed by atoms with Crippen LogP contribution in [0.5, 0.6) is 0 Å². The largest absolute Gasteiger partial charge is 0.478 e. The molecule has 24 heavy (non-hydrogen) atoms. The summed E-state index contributed by atoms with van der Waals surface area (Å²) in [4.78, 5) is 23.3. The standard InChI is InChI=1S/C13H10FN7O3/c14-7-2-6(13(23)24)9(1-5(7)4-15)18-12(22)10-3-8(16)11(19-17)21-20-10/h1-3H,17H2,(H2,16,20)(H,18,22)(H,19,21)(H,23,24). The van der Waals surface area contributed by atoms with Gasteiger partial charge < -0.3 is 21.6 Å². The number of nitrogens with one attached hydrogen (secondary N) is 2. The highest BCUT2D eigenvalue weighted by Gasteiger charge is 2.19. The lowest BCUT2D eigenvalue weighted by Crippen LogP contribution is -2.19. The lowest BCUT2D eigenvalue weighted by molar-refractivity contribution is 0.0697. The molecule has 0 unspecified atom stereocenters. The third kappa shape index (κ3) is 3.18. The molecule has 1 amide bonds. The van der Waals surface area contributed by atoms with Crippen LogP contribution in [-0.2, 0) is 0 Å². The Kier molecular flexibility index (Phi) is 4.52. The Balaban J connectivity index is 2.40. The average molecular weight is 331 g/mol. The molecular weight excluding hydrogens is 321 g/mol. The summed E-state index contributed by atoms with van der Waals surface area (Å²) in [5.41, 5.74) is 6.34. The van der Waals surface area contributed by atoms with Gasteiger partial charge in [0, 0.05) is 0 Å². The Morgan fingerprint density at radius 2 is 2.00 bits per heavy atom. The lowest BCUT2D eigenvalue weighted by Gasteiger charge is -2.10. The molecule has 1 aromatic heterocycles. The van der Waals surface area contributed by atoms with Gasteiger partial charge in [0.25, 0.3) is 5.91 Å². The zero-order valence-corrected chi connectivity index (χ0v) is 11.9. The molecule has 0 spiro atoms. The molecule has 11 heteroatoms. The number of hydrogen-bond acceptors (Lipinski definition) is 8. The first-order valence-corrected chi connectivity index (χ1v) is 6.25. The number of rotatable bonds is 4. The normalized spacial score (nSPS) is 9.88. The number of aromatic carboxylic acids is 1. The quantitative estimate of drug-likeness (QED) is 0.389. The number of hydrazine groups is 1. The van der Waals surface area contributed by atoms with Crippen LogP contribution in [0.4, 0.5) is 21.6 Å². The number of benzene rings is 1. The molecule has 1 heterocycles. The summed E-state index contributed by atoms with van der Waals surface area (Å²) in [6, 6.07) is 4.25. The number of carbonyl (C=O) groups excluding carboxylic acids is 1. The van der Waals surface area contributed by atoms with Crippen LogP contribution in [0.25, 0.3) is 0 Å². The van der Waals surface area contributed by atoms with E-state index in [9.17, 15) is 14.0 Å². The molecule has 2 aromatic rings. The molecule has 0 saturated carbocycles. The van der Waals surface area contributed by atoms with Gasteiger partial charge in [0.05, 0.1) is 22.5 Å². The second-order valence-electron chi connectivity index (χ2n) is 4.43. The van der Waals surface area contributed by atoms with E-state index in [-0.39, 0.29) is 22.9 Å². The summed E-state index contributed by atoms with van der Waals surface area (Å²) in [6.07, 6.45) is 0. The first-order chi connectivity index (χ1) is 11.4. The van der Waals surface area contributed by atoms with Gasteiger partial charge in [0.1, 0.15) is 11.9 Å². The highest BCUT2D eigenvalue weighted by Crippen LogP contribution is 2.22. The third-order valence-corrected chi connectivity index (χ3v) is 2.90. The highest BCUT2D eigenvalue weighted by molar-refractivity contribution is 6.07. The Bertz CT molecular complexity index is 879. The van der Waals surface area contributed by atoms with Crippen molar-refractivity contribution in [2.45, 2.75) is 0 Å². The van der Waals surface area contributed by atoms with Gasteiger partial charge in [-0.2, -0.15) is 5.26 Å². The molecule has 0 aliphatic carbocycles. The number of carboxylic acid groups (broad SMARTS) is 1. The predicted molar refractivity (Wildman–Crippen MR) is 80.3 cm³/mol. The maximum Gasteiger partial charge on any atom is 0.337 e. The fourth-order valence-corrected chi connectivity index (χ4v) is 1.75. The summed E-state index contributed by atoms with van der Waals surface area (Å²) >= 11 is 0. The van der Waals surface area contributed by atoms with E-state index in [0.29, 0.717) is 6.07 Å². The van der Waals surface area contributed by atoms with Crippen molar-refractivity contribution in [2.75, 3.05) is 16.5 Å². The number of carbonyl (C=O) groups is 2. The van der Waals surface area contributed by atoms with Gasteiger partial charge in [-0.1, -0.05) is 0 Å². The molecule has 0 radical (unpaired) electrons. The molecule has 2 rings (SSSR count). The van der Waals surface area contributed by atoms with Crippen LogP contribution in [0.15, 0.2) is 18.2 Å². The van der Waals surface area contributed by atoms with Gasteiger partial charge in [0.2, 0.25) is 0 Å². The highest BCUT2D eigenvalue weighted by atomic mass is 19.1. The van der Waals surface area contributed by atoms with Crippen LogP contribution in [-0.4, -0.2) is 27.2 Å². The number of nitriles is 1. The molecule has 0 aliphatic rings. The van der Waals surface area contributed by atoms with Gasteiger partial charge in [-0.15, -0.1) is 10.2 Å². The van der Waals surface area contributed by atoms with E-state index >= 15 is 0 Å². The first-order valence-electron chi connectivity index (χ1n) is 6.25. The SMILES string of the molecule is N#Cc1cc(NC(=O)c2cc(N)c(NN)nn2)c(C(=O)O)cc1F. The summed E-state index contributed by atoms with van der Waals surface area (Å²) in [7, 11) is 0. The van der Waals surface area contributed by atoms with Crippen molar-refractivity contribution in [3.63, 3.8) is 0 Å². The van der Waals surface area contributed by atoms with Crippen molar-refractivity contribution in [1.82, 2.24) is 10.2 Å². The van der Waals surface area contributed by atoms with E-state index in [0.717, 1.165) is 12.1 Å². The number of hydrogen-bond donors (Lipinski definition) is 5. The minimum absolute atomic E-state index is 0.0351. The molecule has 0 atom stereocenters. The van der Waals surface area contributed by atoms with E-state index < -0.39 is 28.8 Å². The van der Waals surface area contributed by atoms with Gasteiger partial charge in [0.15, 0.2) is 11.5 Å². The Hall–Kier alpha value is -3.78. The Labute approximate surface area is 133 Å². The van der Waals surface area contributed by atoms with Gasteiger partial charge in [-0.25, -0.2) is 15.0 Å². The van der Waals surface area contributed by atoms with Crippen molar-refractivity contribution < 1.29 is 19.1 Å². The number of nitrogens with zero attached hydrogens (tertiary/aromatic N) is 3. The molecular formula is C13H10FN7O3. The minimum Gasteiger partial charge on any atom is -0.478 e. The van der Waals surface area contributed by atoms with Gasteiger partial charge >= 0.3 is 5.97 Å². The van der Waals surface area contributed by atoms with E-state index in [1.807, 2.05) is 0 Å². The topological polar surface area (TPSA) is 180 Å². The monoisotopic (exact) mass is 331 g/mol. The molecule has 0 aliphatic heterocycles. The Morgan fingerprint density at radius 3 is 2.54 bits per heavy atom. The molecule has 10 nitrogen and oxygen atoms in total. The minimum atomic E-state index is -1.48. The molecule has 0 bridgehead atoms. The fraction of sp³-hybridized carbons (Fsp3) is 0. The van der Waals surface area contributed by atoms with Gasteiger partial charge in [-0.05, 0) is 18.2 Å². The lowest BCUT2D eigenvalue weighted by atomic mass is 10.1. The van der Waals surface area contributed by atoms with E-state index in [1.54, 1.807) is 6.07 Å². The molecule has 122 valence electrons. The number of nitrogens with two attached hydrogens (primary N) is 2. The molecule has 0 fully saturated rings. The maximum absolute atomic E-state index is 13.5. The Morgan fingerprint density at radius 1 is 1.29 bits per heavy atom. The molecule has 0 saturated heterocycles. The van der Waals surface area contributed by atoms with Crippen LogP contribution in [0.2, 0.25) is 0 Å².